The highest BCUT2D eigenvalue weighted by atomic mass is 32.2. The van der Waals surface area contributed by atoms with Gasteiger partial charge in [-0.25, -0.2) is 8.42 Å². The number of hydrogen-bond acceptors (Lipinski definition) is 5. The maximum Gasteiger partial charge on any atom is 0.255 e. The van der Waals surface area contributed by atoms with E-state index in [1.165, 1.54) is 23.1 Å². The summed E-state index contributed by atoms with van der Waals surface area (Å²) >= 11 is 0. The van der Waals surface area contributed by atoms with Gasteiger partial charge in [-0.15, -0.1) is 0 Å². The second kappa shape index (κ2) is 5.61. The molecule has 1 aliphatic heterocycles. The molecule has 0 aliphatic carbocycles. The lowest BCUT2D eigenvalue weighted by atomic mass is 10.1. The molecular weight excluding hydrogens is 278 g/mol. The fraction of sp³-hybridized carbons (Fsp3) is 0.385. The predicted molar refractivity (Wildman–Crippen MR) is 72.9 cm³/mol. The van der Waals surface area contributed by atoms with Crippen LogP contribution in [0.15, 0.2) is 29.2 Å². The highest BCUT2D eigenvalue weighted by molar-refractivity contribution is 7.90. The molecule has 0 spiro atoms. The number of sulfone groups is 1. The van der Waals surface area contributed by atoms with E-state index in [1.54, 1.807) is 6.07 Å². The molecule has 7 heteroatoms. The standard InChI is InChI=1S/C13H15N3O3S/c1-20(18,19)12-4-2-3-10(7-12)13(17)16-6-5-15-9-11(16)8-14/h2-4,7,11,15H,5-6,9H2,1H3. The molecule has 1 fully saturated rings. The van der Waals surface area contributed by atoms with E-state index < -0.39 is 15.9 Å². The summed E-state index contributed by atoms with van der Waals surface area (Å²) in [5, 5.41) is 12.1. The number of piperazine rings is 1. The van der Waals surface area contributed by atoms with Crippen LogP contribution in [0.25, 0.3) is 0 Å². The van der Waals surface area contributed by atoms with Gasteiger partial charge >= 0.3 is 0 Å². The number of carbonyl (C=O) groups excluding carboxylic acids is 1. The van der Waals surface area contributed by atoms with Crippen molar-refractivity contribution in [3.63, 3.8) is 0 Å². The summed E-state index contributed by atoms with van der Waals surface area (Å²) in [6, 6.07) is 7.45. The van der Waals surface area contributed by atoms with Crippen LogP contribution in [-0.4, -0.2) is 51.2 Å². The van der Waals surface area contributed by atoms with Crippen molar-refractivity contribution in [2.75, 3.05) is 25.9 Å². The van der Waals surface area contributed by atoms with Crippen LogP contribution in [0, 0.1) is 11.3 Å². The molecule has 1 aliphatic rings. The van der Waals surface area contributed by atoms with Crippen LogP contribution in [0.5, 0.6) is 0 Å². The Kier molecular flexibility index (Phi) is 4.06. The van der Waals surface area contributed by atoms with E-state index in [0.717, 1.165) is 6.26 Å². The van der Waals surface area contributed by atoms with Crippen LogP contribution >= 0.6 is 0 Å². The fourth-order valence-electron chi connectivity index (χ4n) is 2.09. The van der Waals surface area contributed by atoms with E-state index in [1.807, 2.05) is 0 Å². The van der Waals surface area contributed by atoms with Crippen molar-refractivity contribution in [3.8, 4) is 6.07 Å². The normalized spacial score (nSPS) is 19.4. The van der Waals surface area contributed by atoms with Gasteiger partial charge in [0.2, 0.25) is 0 Å². The minimum atomic E-state index is -3.36. The summed E-state index contributed by atoms with van der Waals surface area (Å²) in [7, 11) is -3.36. The molecular formula is C13H15N3O3S. The third-order valence-corrected chi connectivity index (χ3v) is 4.27. The lowest BCUT2D eigenvalue weighted by Crippen LogP contribution is -2.53. The van der Waals surface area contributed by atoms with E-state index in [-0.39, 0.29) is 16.4 Å². The van der Waals surface area contributed by atoms with Crippen molar-refractivity contribution in [1.29, 1.82) is 5.26 Å². The summed E-state index contributed by atoms with van der Waals surface area (Å²) in [6.45, 7) is 1.48. The van der Waals surface area contributed by atoms with Gasteiger partial charge in [0.15, 0.2) is 9.84 Å². The molecule has 1 aromatic rings. The predicted octanol–water partition coefficient (Wildman–Crippen LogP) is 0.0277. The monoisotopic (exact) mass is 293 g/mol. The number of amides is 1. The molecule has 1 aromatic carbocycles. The van der Waals surface area contributed by atoms with Crippen molar-refractivity contribution in [2.45, 2.75) is 10.9 Å². The quantitative estimate of drug-likeness (QED) is 0.830. The van der Waals surface area contributed by atoms with Gasteiger partial charge in [0.05, 0.1) is 11.0 Å². The Hall–Kier alpha value is -1.91. The zero-order chi connectivity index (χ0) is 14.8. The number of rotatable bonds is 2. The van der Waals surface area contributed by atoms with E-state index in [9.17, 15) is 13.2 Å². The second-order valence-electron chi connectivity index (χ2n) is 4.65. The summed E-state index contributed by atoms with van der Waals surface area (Å²) in [5.74, 6) is -0.316. The molecule has 106 valence electrons. The summed E-state index contributed by atoms with van der Waals surface area (Å²) in [5.41, 5.74) is 0.287. The molecule has 1 atom stereocenters. The van der Waals surface area contributed by atoms with Gasteiger partial charge in [0.25, 0.3) is 5.91 Å². The third-order valence-electron chi connectivity index (χ3n) is 3.16. The second-order valence-corrected chi connectivity index (χ2v) is 6.66. The maximum absolute atomic E-state index is 12.4. The molecule has 1 heterocycles. The van der Waals surface area contributed by atoms with Gasteiger partial charge in [0, 0.05) is 31.5 Å². The molecule has 0 aromatic heterocycles. The molecule has 0 saturated carbocycles. The molecule has 2 rings (SSSR count). The molecule has 1 saturated heterocycles. The lowest BCUT2D eigenvalue weighted by molar-refractivity contribution is 0.0687. The van der Waals surface area contributed by atoms with Crippen molar-refractivity contribution < 1.29 is 13.2 Å². The summed E-state index contributed by atoms with van der Waals surface area (Å²) in [6.07, 6.45) is 1.10. The Labute approximate surface area is 117 Å². The highest BCUT2D eigenvalue weighted by Gasteiger charge is 2.27. The first-order valence-corrected chi connectivity index (χ1v) is 8.04. The Balaban J connectivity index is 2.32. The Morgan fingerprint density at radius 2 is 2.25 bits per heavy atom. The maximum atomic E-state index is 12.4. The summed E-state index contributed by atoms with van der Waals surface area (Å²) in [4.78, 5) is 14.0. The van der Waals surface area contributed by atoms with E-state index in [4.69, 9.17) is 5.26 Å². The first-order valence-electron chi connectivity index (χ1n) is 6.15. The molecule has 0 bridgehead atoms. The van der Waals surface area contributed by atoms with Crippen molar-refractivity contribution in [1.82, 2.24) is 10.2 Å². The average molecular weight is 293 g/mol. The van der Waals surface area contributed by atoms with Gasteiger partial charge in [-0.2, -0.15) is 5.26 Å². The first kappa shape index (κ1) is 14.5. The van der Waals surface area contributed by atoms with Crippen LogP contribution in [-0.2, 0) is 9.84 Å². The average Bonchev–Trinajstić information content (AvgIpc) is 2.45. The molecule has 20 heavy (non-hydrogen) atoms. The van der Waals surface area contributed by atoms with Gasteiger partial charge in [-0.3, -0.25) is 4.79 Å². The van der Waals surface area contributed by atoms with Crippen LogP contribution < -0.4 is 5.32 Å². The fourth-order valence-corrected chi connectivity index (χ4v) is 2.76. The smallest absolute Gasteiger partial charge is 0.255 e. The van der Waals surface area contributed by atoms with E-state index >= 15 is 0 Å². The molecule has 1 amide bonds. The lowest BCUT2D eigenvalue weighted by Gasteiger charge is -2.32. The molecule has 1 N–H and O–H groups in total. The third kappa shape index (κ3) is 2.98. The van der Waals surface area contributed by atoms with E-state index in [2.05, 4.69) is 11.4 Å². The van der Waals surface area contributed by atoms with Crippen LogP contribution in [0.1, 0.15) is 10.4 Å². The topological polar surface area (TPSA) is 90.3 Å². The SMILES string of the molecule is CS(=O)(=O)c1cccc(C(=O)N2CCNCC2C#N)c1. The number of hydrogen-bond donors (Lipinski definition) is 1. The first-order chi connectivity index (χ1) is 9.43. The summed E-state index contributed by atoms with van der Waals surface area (Å²) < 4.78 is 23.0. The number of nitriles is 1. The van der Waals surface area contributed by atoms with Gasteiger partial charge in [0.1, 0.15) is 6.04 Å². The van der Waals surface area contributed by atoms with Crippen molar-refractivity contribution in [2.24, 2.45) is 0 Å². The van der Waals surface area contributed by atoms with E-state index in [0.29, 0.717) is 19.6 Å². The van der Waals surface area contributed by atoms with Gasteiger partial charge < -0.3 is 10.2 Å². The van der Waals surface area contributed by atoms with Crippen LogP contribution in [0.2, 0.25) is 0 Å². The number of nitrogens with zero attached hydrogens (tertiary/aromatic N) is 2. The number of carbonyl (C=O) groups is 1. The van der Waals surface area contributed by atoms with Crippen molar-refractivity contribution >= 4 is 15.7 Å². The largest absolute Gasteiger partial charge is 0.320 e. The Morgan fingerprint density at radius 3 is 2.90 bits per heavy atom. The molecule has 1 unspecified atom stereocenters. The minimum Gasteiger partial charge on any atom is -0.320 e. The van der Waals surface area contributed by atoms with Gasteiger partial charge in [-0.05, 0) is 18.2 Å². The van der Waals surface area contributed by atoms with Crippen LogP contribution in [0.4, 0.5) is 0 Å². The Morgan fingerprint density at radius 1 is 1.50 bits per heavy atom. The number of benzene rings is 1. The minimum absolute atomic E-state index is 0.104. The zero-order valence-corrected chi connectivity index (χ0v) is 11.9. The number of nitrogens with one attached hydrogen (secondary N) is 1. The Bertz CT molecular complexity index is 664. The highest BCUT2D eigenvalue weighted by Crippen LogP contribution is 2.15. The van der Waals surface area contributed by atoms with Gasteiger partial charge in [-0.1, -0.05) is 6.07 Å². The zero-order valence-electron chi connectivity index (χ0n) is 11.0. The molecule has 6 nitrogen and oxygen atoms in total. The van der Waals surface area contributed by atoms with Crippen molar-refractivity contribution in [3.05, 3.63) is 29.8 Å². The molecule has 0 radical (unpaired) electrons. The van der Waals surface area contributed by atoms with Crippen LogP contribution in [0.3, 0.4) is 0 Å².